The molecule has 8 nitrogen and oxygen atoms in total. The van der Waals surface area contributed by atoms with Crippen molar-refractivity contribution in [3.8, 4) is 0 Å². The number of rotatable bonds is 3. The van der Waals surface area contributed by atoms with Crippen molar-refractivity contribution in [1.82, 2.24) is 15.1 Å². The van der Waals surface area contributed by atoms with Crippen LogP contribution in [0, 0.1) is 10.1 Å². The van der Waals surface area contributed by atoms with E-state index in [2.05, 4.69) is 10.4 Å². The number of fused-ring (bicyclic) bond motifs is 1. The number of non-ortho nitro benzene ring substituents is 1. The minimum Gasteiger partial charge on any atom is -0.315 e. The number of hydrogen-bond acceptors (Lipinski definition) is 5. The van der Waals surface area contributed by atoms with Crippen LogP contribution < -0.4 is 10.2 Å². The van der Waals surface area contributed by atoms with Crippen LogP contribution in [-0.4, -0.2) is 40.2 Å². The van der Waals surface area contributed by atoms with Crippen LogP contribution in [0.5, 0.6) is 0 Å². The lowest BCUT2D eigenvalue weighted by Gasteiger charge is -2.23. The number of nitro groups is 1. The molecule has 1 aromatic heterocycles. The third-order valence-corrected chi connectivity index (χ3v) is 4.89. The maximum Gasteiger partial charge on any atom is 0.278 e. The Hall–Kier alpha value is -2.74. The average molecular weight is 341 g/mol. The molecular formula is C17H19N5O3. The zero-order valence-corrected chi connectivity index (χ0v) is 13.7. The summed E-state index contributed by atoms with van der Waals surface area (Å²) in [5, 5.41) is 18.8. The number of anilines is 1. The van der Waals surface area contributed by atoms with Crippen LogP contribution in [0.1, 0.15) is 34.9 Å². The highest BCUT2D eigenvalue weighted by atomic mass is 16.6. The molecule has 0 radical (unpaired) electrons. The molecule has 2 aliphatic heterocycles. The average Bonchev–Trinajstić information content (AvgIpc) is 3.28. The largest absolute Gasteiger partial charge is 0.315 e. The van der Waals surface area contributed by atoms with Crippen LogP contribution in [0.4, 0.5) is 11.4 Å². The molecule has 2 aromatic rings. The molecule has 0 spiro atoms. The lowest BCUT2D eigenvalue weighted by Crippen LogP contribution is -2.32. The van der Waals surface area contributed by atoms with Crippen molar-refractivity contribution in [2.45, 2.75) is 25.3 Å². The van der Waals surface area contributed by atoms with Crippen LogP contribution in [0.25, 0.3) is 0 Å². The summed E-state index contributed by atoms with van der Waals surface area (Å²) < 4.78 is 1.85. The third kappa shape index (κ3) is 2.89. The summed E-state index contributed by atoms with van der Waals surface area (Å²) in [6.45, 7) is 2.40. The lowest BCUT2D eigenvalue weighted by atomic mass is 10.1. The van der Waals surface area contributed by atoms with E-state index in [-0.39, 0.29) is 17.6 Å². The van der Waals surface area contributed by atoms with Gasteiger partial charge in [-0.1, -0.05) is 6.07 Å². The molecule has 0 saturated carbocycles. The van der Waals surface area contributed by atoms with E-state index in [0.29, 0.717) is 24.3 Å². The first kappa shape index (κ1) is 15.8. The second-order valence-electron chi connectivity index (χ2n) is 6.46. The number of nitro benzene ring substituents is 1. The van der Waals surface area contributed by atoms with E-state index >= 15 is 0 Å². The number of amides is 1. The fourth-order valence-electron chi connectivity index (χ4n) is 3.55. The van der Waals surface area contributed by atoms with Crippen LogP contribution in [-0.2, 0) is 6.42 Å². The Bertz CT molecular complexity index is 825. The molecule has 1 saturated heterocycles. The lowest BCUT2D eigenvalue weighted by molar-refractivity contribution is -0.384. The fraction of sp³-hybridized carbons (Fsp3) is 0.412. The number of hydrogen-bond donors (Lipinski definition) is 1. The van der Waals surface area contributed by atoms with Gasteiger partial charge in [0, 0.05) is 31.4 Å². The molecule has 1 atom stereocenters. The van der Waals surface area contributed by atoms with Crippen molar-refractivity contribution in [2.24, 2.45) is 0 Å². The smallest absolute Gasteiger partial charge is 0.278 e. The number of carbonyl (C=O) groups is 1. The summed E-state index contributed by atoms with van der Waals surface area (Å²) in [6, 6.07) is 6.68. The summed E-state index contributed by atoms with van der Waals surface area (Å²) in [6.07, 6.45) is 4.68. The molecule has 1 fully saturated rings. The Morgan fingerprint density at radius 3 is 3.00 bits per heavy atom. The maximum atomic E-state index is 12.9. The summed E-state index contributed by atoms with van der Waals surface area (Å²) >= 11 is 0. The van der Waals surface area contributed by atoms with Gasteiger partial charge >= 0.3 is 0 Å². The van der Waals surface area contributed by atoms with Gasteiger partial charge in [-0.15, -0.1) is 0 Å². The predicted octanol–water partition coefficient (Wildman–Crippen LogP) is 1.92. The molecule has 25 heavy (non-hydrogen) atoms. The van der Waals surface area contributed by atoms with Crippen molar-refractivity contribution in [3.05, 3.63) is 51.8 Å². The van der Waals surface area contributed by atoms with E-state index in [9.17, 15) is 14.9 Å². The highest BCUT2D eigenvalue weighted by molar-refractivity contribution is 6.06. The van der Waals surface area contributed by atoms with Crippen molar-refractivity contribution >= 4 is 17.3 Å². The van der Waals surface area contributed by atoms with Gasteiger partial charge in [0.05, 0.1) is 16.7 Å². The van der Waals surface area contributed by atoms with Gasteiger partial charge in [-0.05, 0) is 37.4 Å². The van der Waals surface area contributed by atoms with Gasteiger partial charge in [-0.3, -0.25) is 19.6 Å². The van der Waals surface area contributed by atoms with Crippen LogP contribution in [0.15, 0.2) is 30.5 Å². The van der Waals surface area contributed by atoms with Gasteiger partial charge < -0.3 is 10.2 Å². The molecule has 1 N–H and O–H groups in total. The standard InChI is InChI=1S/C17H19N5O3/c23-17(15-6-9-21(19-15)14-2-1-7-18-11-14)20-8-5-12-3-4-13(22(24)25)10-16(12)20/h3-4,6,9-10,14,18H,1-2,5,7-8,11H2. The maximum absolute atomic E-state index is 12.9. The van der Waals surface area contributed by atoms with Gasteiger partial charge in [-0.25, -0.2) is 0 Å². The highest BCUT2D eigenvalue weighted by Crippen LogP contribution is 2.32. The first-order valence-electron chi connectivity index (χ1n) is 8.48. The van der Waals surface area contributed by atoms with Gasteiger partial charge in [0.2, 0.25) is 0 Å². The van der Waals surface area contributed by atoms with Crippen molar-refractivity contribution < 1.29 is 9.72 Å². The zero-order chi connectivity index (χ0) is 17.4. The Morgan fingerprint density at radius 1 is 1.36 bits per heavy atom. The molecule has 130 valence electrons. The number of aromatic nitrogens is 2. The number of nitrogens with zero attached hydrogens (tertiary/aromatic N) is 4. The fourth-order valence-corrected chi connectivity index (χ4v) is 3.55. The molecule has 4 rings (SSSR count). The molecule has 1 amide bonds. The van der Waals surface area contributed by atoms with Crippen LogP contribution >= 0.6 is 0 Å². The van der Waals surface area contributed by atoms with E-state index < -0.39 is 4.92 Å². The normalized spacial score (nSPS) is 19.7. The van der Waals surface area contributed by atoms with E-state index in [1.54, 1.807) is 17.0 Å². The van der Waals surface area contributed by atoms with Gasteiger partial charge in [-0.2, -0.15) is 5.10 Å². The minimum absolute atomic E-state index is 0.00254. The monoisotopic (exact) mass is 341 g/mol. The summed E-state index contributed by atoms with van der Waals surface area (Å²) in [4.78, 5) is 25.0. The predicted molar refractivity (Wildman–Crippen MR) is 91.8 cm³/mol. The topological polar surface area (TPSA) is 93.3 Å². The molecule has 1 unspecified atom stereocenters. The van der Waals surface area contributed by atoms with Crippen LogP contribution in [0.2, 0.25) is 0 Å². The molecule has 0 bridgehead atoms. The van der Waals surface area contributed by atoms with Crippen molar-refractivity contribution in [3.63, 3.8) is 0 Å². The molecule has 1 aromatic carbocycles. The zero-order valence-electron chi connectivity index (χ0n) is 13.7. The van der Waals surface area contributed by atoms with E-state index in [0.717, 1.165) is 31.5 Å². The second-order valence-corrected chi connectivity index (χ2v) is 6.46. The Morgan fingerprint density at radius 2 is 2.24 bits per heavy atom. The number of carbonyl (C=O) groups excluding carboxylic acids is 1. The molecule has 0 aliphatic carbocycles. The SMILES string of the molecule is O=C(c1ccn(C2CCCNC2)n1)N1CCc2ccc([N+](=O)[O-])cc21. The first-order valence-corrected chi connectivity index (χ1v) is 8.48. The minimum atomic E-state index is -0.438. The van der Waals surface area contributed by atoms with Gasteiger partial charge in [0.15, 0.2) is 5.69 Å². The molecule has 2 aliphatic rings. The molecule has 3 heterocycles. The van der Waals surface area contributed by atoms with Crippen molar-refractivity contribution in [2.75, 3.05) is 24.5 Å². The van der Waals surface area contributed by atoms with Gasteiger partial charge in [0.25, 0.3) is 11.6 Å². The Balaban J connectivity index is 1.58. The van der Waals surface area contributed by atoms with E-state index in [1.807, 2.05) is 10.9 Å². The highest BCUT2D eigenvalue weighted by Gasteiger charge is 2.29. The number of benzene rings is 1. The molecular weight excluding hydrogens is 322 g/mol. The van der Waals surface area contributed by atoms with Crippen LogP contribution in [0.3, 0.4) is 0 Å². The second kappa shape index (κ2) is 6.29. The summed E-state index contributed by atoms with van der Waals surface area (Å²) in [5.74, 6) is -0.207. The van der Waals surface area contributed by atoms with E-state index in [1.165, 1.54) is 12.1 Å². The first-order chi connectivity index (χ1) is 12.1. The van der Waals surface area contributed by atoms with E-state index in [4.69, 9.17) is 0 Å². The number of piperidine rings is 1. The van der Waals surface area contributed by atoms with Gasteiger partial charge in [0.1, 0.15) is 0 Å². The molecule has 8 heteroatoms. The summed E-state index contributed by atoms with van der Waals surface area (Å²) in [5.41, 5.74) is 1.95. The third-order valence-electron chi connectivity index (χ3n) is 4.89. The number of nitrogens with one attached hydrogen (secondary N) is 1. The quantitative estimate of drug-likeness (QED) is 0.680. The summed E-state index contributed by atoms with van der Waals surface area (Å²) in [7, 11) is 0. The Kier molecular flexibility index (Phi) is 3.96. The van der Waals surface area contributed by atoms with Crippen molar-refractivity contribution in [1.29, 1.82) is 0 Å². The Labute approximate surface area is 144 Å².